The summed E-state index contributed by atoms with van der Waals surface area (Å²) in [5.74, 6) is 5.15. The smallest absolute Gasteiger partial charge is 0.0456 e. The van der Waals surface area contributed by atoms with Crippen LogP contribution in [0.4, 0.5) is 0 Å². The van der Waals surface area contributed by atoms with E-state index >= 15 is 0 Å². The van der Waals surface area contributed by atoms with Gasteiger partial charge in [0.05, 0.1) is 0 Å². The van der Waals surface area contributed by atoms with Gasteiger partial charge in [0.25, 0.3) is 0 Å². The first-order valence-electron chi connectivity index (χ1n) is 6.89. The van der Waals surface area contributed by atoms with Gasteiger partial charge in [-0.25, -0.2) is 11.0 Å². The quantitative estimate of drug-likeness (QED) is 0.600. The van der Waals surface area contributed by atoms with Crippen molar-refractivity contribution in [2.24, 2.45) is 5.84 Å². The first kappa shape index (κ1) is 15.9. The number of aryl methyl sites for hydroxylation is 1. The molecule has 4 N–H and O–H groups in total. The van der Waals surface area contributed by atoms with Crippen molar-refractivity contribution in [3.05, 3.63) is 47.1 Å². The van der Waals surface area contributed by atoms with E-state index in [4.69, 9.17) is 5.84 Å². The molecule has 1 aliphatic heterocycles. The van der Waals surface area contributed by atoms with Crippen LogP contribution in [0.25, 0.3) is 10.9 Å². The van der Waals surface area contributed by atoms with Crippen LogP contribution < -0.4 is 10.7 Å². The molecule has 2 heterocycles. The third-order valence-corrected chi connectivity index (χ3v) is 3.77. The number of hydrogen-bond acceptors (Lipinski definition) is 5. The van der Waals surface area contributed by atoms with Crippen LogP contribution in [-0.4, -0.2) is 35.6 Å². The Morgan fingerprint density at radius 3 is 2.71 bits per heavy atom. The first-order chi connectivity index (χ1) is 10.1. The Kier molecular flexibility index (Phi) is 5.69. The van der Waals surface area contributed by atoms with Gasteiger partial charge in [-0.1, -0.05) is 11.6 Å². The van der Waals surface area contributed by atoms with Gasteiger partial charge < -0.3 is 9.88 Å². The van der Waals surface area contributed by atoms with E-state index in [9.17, 15) is 0 Å². The molecule has 21 heavy (non-hydrogen) atoms. The van der Waals surface area contributed by atoms with Gasteiger partial charge >= 0.3 is 0 Å². The molecule has 0 saturated carbocycles. The van der Waals surface area contributed by atoms with Gasteiger partial charge in [0, 0.05) is 35.3 Å². The van der Waals surface area contributed by atoms with Crippen molar-refractivity contribution in [1.82, 2.24) is 19.8 Å². The van der Waals surface area contributed by atoms with Gasteiger partial charge in [-0.05, 0) is 57.1 Å². The Morgan fingerprint density at radius 1 is 1.33 bits per heavy atom. The second-order valence-electron chi connectivity index (χ2n) is 5.32. The summed E-state index contributed by atoms with van der Waals surface area (Å²) in [7, 11) is 4.22. The molecule has 1 aliphatic rings. The van der Waals surface area contributed by atoms with Crippen molar-refractivity contribution in [3.8, 4) is 0 Å². The van der Waals surface area contributed by atoms with E-state index in [1.807, 2.05) is 5.41 Å². The van der Waals surface area contributed by atoms with Crippen LogP contribution in [0.5, 0.6) is 0 Å². The topological polar surface area (TPSA) is 60.3 Å². The van der Waals surface area contributed by atoms with Crippen LogP contribution in [0.3, 0.4) is 0 Å². The fourth-order valence-corrected chi connectivity index (χ4v) is 2.50. The molecular formula is C15H23N5S. The first-order valence-corrected chi connectivity index (χ1v) is 7.77. The van der Waals surface area contributed by atoms with Crippen LogP contribution in [-0.2, 0) is 6.42 Å². The number of nitrogens with zero attached hydrogens (tertiary/aromatic N) is 2. The molecule has 6 heteroatoms. The molecule has 0 atom stereocenters. The molecule has 3 rings (SSSR count). The van der Waals surface area contributed by atoms with Gasteiger partial charge in [0.1, 0.15) is 0 Å². The van der Waals surface area contributed by atoms with E-state index < -0.39 is 0 Å². The third kappa shape index (κ3) is 4.78. The lowest BCUT2D eigenvalue weighted by Crippen LogP contribution is -2.30. The van der Waals surface area contributed by atoms with E-state index in [1.54, 1.807) is 6.20 Å². The average molecular weight is 305 g/mol. The minimum absolute atomic E-state index is 1.10. The van der Waals surface area contributed by atoms with Crippen LogP contribution in [0.2, 0.25) is 0 Å². The summed E-state index contributed by atoms with van der Waals surface area (Å²) in [6.07, 6.45) is 4.98. The zero-order chi connectivity index (χ0) is 15.2. The number of hydrogen-bond donors (Lipinski definition) is 3. The van der Waals surface area contributed by atoms with Crippen LogP contribution in [0, 0.1) is 6.92 Å². The number of H-pyrrole nitrogens is 1. The van der Waals surface area contributed by atoms with Gasteiger partial charge in [-0.15, -0.1) is 0 Å². The monoisotopic (exact) mass is 305 g/mol. The van der Waals surface area contributed by atoms with Crippen molar-refractivity contribution in [2.45, 2.75) is 13.3 Å². The zero-order valence-electron chi connectivity index (χ0n) is 12.8. The highest BCUT2D eigenvalue weighted by Crippen LogP contribution is 2.20. The normalized spacial score (nSPS) is 13.9. The Morgan fingerprint density at radius 2 is 2.14 bits per heavy atom. The minimum atomic E-state index is 1.10. The molecular weight excluding hydrogens is 282 g/mol. The van der Waals surface area contributed by atoms with E-state index in [-0.39, 0.29) is 0 Å². The molecule has 5 nitrogen and oxygen atoms in total. The Balaban J connectivity index is 0.000000225. The number of aromatic nitrogens is 1. The fourth-order valence-electron chi connectivity index (χ4n) is 2.06. The number of nitrogens with two attached hydrogens (primary N) is 1. The van der Waals surface area contributed by atoms with E-state index in [0.717, 1.165) is 13.0 Å². The summed E-state index contributed by atoms with van der Waals surface area (Å²) < 4.78 is 0. The van der Waals surface area contributed by atoms with Gasteiger partial charge in [-0.3, -0.25) is 0 Å². The lowest BCUT2D eigenvalue weighted by molar-refractivity contribution is 0.379. The Bertz CT molecular complexity index is 605. The fraction of sp³-hybridized carbons (Fsp3) is 0.333. The predicted octanol–water partition coefficient (Wildman–Crippen LogP) is 2.38. The molecule has 0 saturated heterocycles. The van der Waals surface area contributed by atoms with Crippen molar-refractivity contribution in [3.63, 3.8) is 0 Å². The zero-order valence-corrected chi connectivity index (χ0v) is 13.6. The minimum Gasteiger partial charge on any atom is -0.361 e. The largest absolute Gasteiger partial charge is 0.361 e. The maximum absolute atomic E-state index is 5.15. The standard InChI is InChI=1S/C13H18N2.C2H5N3S/c1-10-4-5-13-12(8-10)11(9-14-13)6-7-15(2)3;3-5-1-2-6-4-5/h4-5,8-9,14H,6-7H2,1-3H3;1-2,4H,3H2. The molecule has 0 amide bonds. The molecule has 0 aliphatic carbocycles. The number of aromatic amines is 1. The van der Waals surface area contributed by atoms with Crippen molar-refractivity contribution >= 4 is 22.9 Å². The molecule has 2 aromatic rings. The number of hydrazine groups is 2. The maximum Gasteiger partial charge on any atom is 0.0456 e. The lowest BCUT2D eigenvalue weighted by atomic mass is 10.1. The summed E-state index contributed by atoms with van der Waals surface area (Å²) in [5.41, 5.74) is 3.99. The van der Waals surface area contributed by atoms with Crippen LogP contribution in [0.1, 0.15) is 11.1 Å². The van der Waals surface area contributed by atoms with Gasteiger partial charge in [-0.2, -0.15) is 4.83 Å². The summed E-state index contributed by atoms with van der Waals surface area (Å²) in [6.45, 7) is 3.24. The maximum atomic E-state index is 5.15. The van der Waals surface area contributed by atoms with Gasteiger partial charge in [0.2, 0.25) is 0 Å². The molecule has 114 valence electrons. The highest BCUT2D eigenvalue weighted by atomic mass is 32.2. The molecule has 0 unspecified atom stereocenters. The number of fused-ring (bicyclic) bond motifs is 1. The van der Waals surface area contributed by atoms with Crippen molar-refractivity contribution < 1.29 is 0 Å². The van der Waals surface area contributed by atoms with Crippen LogP contribution in [0.15, 0.2) is 36.0 Å². The van der Waals surface area contributed by atoms with Crippen molar-refractivity contribution in [2.75, 3.05) is 20.6 Å². The third-order valence-electron chi connectivity index (χ3n) is 3.20. The second kappa shape index (κ2) is 7.51. The molecule has 0 fully saturated rings. The summed E-state index contributed by atoms with van der Waals surface area (Å²) >= 11 is 1.45. The van der Waals surface area contributed by atoms with E-state index in [1.165, 1.54) is 39.1 Å². The molecule has 0 radical (unpaired) electrons. The highest BCUT2D eigenvalue weighted by Gasteiger charge is 2.03. The molecule has 0 bridgehead atoms. The Hall–Kier alpha value is -1.47. The number of rotatable bonds is 3. The summed E-state index contributed by atoms with van der Waals surface area (Å²) in [6, 6.07) is 6.56. The highest BCUT2D eigenvalue weighted by molar-refractivity contribution is 8.00. The number of benzene rings is 1. The second-order valence-corrected chi connectivity index (χ2v) is 6.01. The van der Waals surface area contributed by atoms with E-state index in [2.05, 4.69) is 60.1 Å². The number of likely N-dealkylation sites (N-methyl/N-ethyl adjacent to an activating group) is 1. The van der Waals surface area contributed by atoms with Crippen LogP contribution >= 0.6 is 11.9 Å². The molecule has 1 aromatic heterocycles. The Labute approximate surface area is 130 Å². The molecule has 0 spiro atoms. The molecule has 1 aromatic carbocycles. The summed E-state index contributed by atoms with van der Waals surface area (Å²) in [4.78, 5) is 8.27. The SMILES string of the molecule is Cc1ccc2[nH]cc(CCN(C)C)c2c1.NN1C=CSN1. The predicted molar refractivity (Wildman–Crippen MR) is 91.2 cm³/mol. The van der Waals surface area contributed by atoms with Gasteiger partial charge in [0.15, 0.2) is 0 Å². The average Bonchev–Trinajstić information content (AvgIpc) is 3.06. The summed E-state index contributed by atoms with van der Waals surface area (Å²) in [5, 5.41) is 4.63. The van der Waals surface area contributed by atoms with E-state index in [0.29, 0.717) is 0 Å². The number of nitrogens with one attached hydrogen (secondary N) is 2. The van der Waals surface area contributed by atoms with Crippen molar-refractivity contribution in [1.29, 1.82) is 0 Å². The lowest BCUT2D eigenvalue weighted by Gasteiger charge is -2.08.